The maximum absolute atomic E-state index is 5.92. The molecule has 0 unspecified atom stereocenters. The number of hydrogen-bond acceptors (Lipinski definition) is 4. The Hall–Kier alpha value is -1.45. The summed E-state index contributed by atoms with van der Waals surface area (Å²) in [5.74, 6) is 3.14. The van der Waals surface area contributed by atoms with Crippen molar-refractivity contribution in [1.82, 2.24) is 4.98 Å². The van der Waals surface area contributed by atoms with Crippen molar-refractivity contribution >= 4 is 11.5 Å². The number of rotatable bonds is 8. The number of anilines is 2. The Labute approximate surface area is 127 Å². The van der Waals surface area contributed by atoms with Crippen LogP contribution in [0.3, 0.4) is 0 Å². The summed E-state index contributed by atoms with van der Waals surface area (Å²) in [6, 6.07) is 3.82. The summed E-state index contributed by atoms with van der Waals surface area (Å²) in [7, 11) is 0. The molecule has 0 radical (unpaired) electrons. The van der Waals surface area contributed by atoms with Gasteiger partial charge in [-0.3, -0.25) is 0 Å². The highest BCUT2D eigenvalue weighted by Gasteiger charge is 2.22. The zero-order chi connectivity index (χ0) is 14.5. The molecular weight excluding hydrogens is 262 g/mol. The van der Waals surface area contributed by atoms with E-state index in [1.807, 2.05) is 12.1 Å². The lowest BCUT2D eigenvalue weighted by molar-refractivity contribution is 0.290. The second kappa shape index (κ2) is 7.01. The summed E-state index contributed by atoms with van der Waals surface area (Å²) >= 11 is 0. The Balaban J connectivity index is 1.42. The van der Waals surface area contributed by atoms with Gasteiger partial charge in [0, 0.05) is 6.54 Å². The largest absolute Gasteiger partial charge is 0.476 e. The minimum atomic E-state index is 0.586. The number of nitrogen functional groups attached to an aromatic ring is 1. The first-order valence-electron chi connectivity index (χ1n) is 8.44. The number of nitrogens with two attached hydrogens (primary N) is 1. The van der Waals surface area contributed by atoms with Gasteiger partial charge < -0.3 is 15.8 Å². The molecule has 1 aromatic rings. The van der Waals surface area contributed by atoms with Gasteiger partial charge in [0.1, 0.15) is 5.82 Å². The molecule has 3 N–H and O–H groups in total. The fraction of sp³-hybridized carbons (Fsp3) is 0.706. The van der Waals surface area contributed by atoms with E-state index in [1.54, 1.807) is 0 Å². The van der Waals surface area contributed by atoms with Crippen LogP contribution in [0.2, 0.25) is 0 Å². The van der Waals surface area contributed by atoms with Crippen LogP contribution in [0.1, 0.15) is 51.4 Å². The van der Waals surface area contributed by atoms with Crippen LogP contribution in [-0.4, -0.2) is 18.1 Å². The van der Waals surface area contributed by atoms with E-state index in [1.165, 1.54) is 51.4 Å². The standard InChI is InChI=1S/C17H27N3O/c18-15-9-10-16(20-17(15)21-12-14-7-8-14)19-11-3-6-13-4-1-2-5-13/h9-10,13-14H,1-8,11-12,18H2,(H,19,20). The van der Waals surface area contributed by atoms with Crippen molar-refractivity contribution < 1.29 is 4.74 Å². The maximum Gasteiger partial charge on any atom is 0.239 e. The van der Waals surface area contributed by atoms with Gasteiger partial charge in [-0.2, -0.15) is 4.98 Å². The zero-order valence-electron chi connectivity index (χ0n) is 12.8. The molecule has 3 rings (SSSR count). The van der Waals surface area contributed by atoms with E-state index in [-0.39, 0.29) is 0 Å². The SMILES string of the molecule is Nc1ccc(NCCCC2CCCC2)nc1OCC1CC1. The van der Waals surface area contributed by atoms with Crippen molar-refractivity contribution in [2.75, 3.05) is 24.2 Å². The fourth-order valence-corrected chi connectivity index (χ4v) is 3.05. The Bertz CT molecular complexity index is 453. The van der Waals surface area contributed by atoms with E-state index in [4.69, 9.17) is 10.5 Å². The molecule has 2 aliphatic carbocycles. The van der Waals surface area contributed by atoms with Gasteiger partial charge in [-0.25, -0.2) is 0 Å². The van der Waals surface area contributed by atoms with Crippen LogP contribution in [-0.2, 0) is 0 Å². The van der Waals surface area contributed by atoms with Crippen LogP contribution in [0, 0.1) is 11.8 Å². The van der Waals surface area contributed by atoms with Crippen LogP contribution in [0.5, 0.6) is 5.88 Å². The topological polar surface area (TPSA) is 60.2 Å². The summed E-state index contributed by atoms with van der Waals surface area (Å²) < 4.78 is 5.71. The molecule has 2 fully saturated rings. The van der Waals surface area contributed by atoms with Gasteiger partial charge in [-0.1, -0.05) is 25.7 Å². The number of hydrogen-bond donors (Lipinski definition) is 2. The Kier molecular flexibility index (Phi) is 4.84. The minimum Gasteiger partial charge on any atom is -0.476 e. The molecule has 0 spiro atoms. The molecule has 0 aliphatic heterocycles. The number of pyridine rings is 1. The molecule has 0 bridgehead atoms. The molecule has 4 heteroatoms. The van der Waals surface area contributed by atoms with Crippen LogP contribution in [0.15, 0.2) is 12.1 Å². The minimum absolute atomic E-state index is 0.586. The number of nitrogens with one attached hydrogen (secondary N) is 1. The van der Waals surface area contributed by atoms with Crippen molar-refractivity contribution in [3.63, 3.8) is 0 Å². The lowest BCUT2D eigenvalue weighted by Gasteiger charge is -2.12. The highest BCUT2D eigenvalue weighted by atomic mass is 16.5. The third kappa shape index (κ3) is 4.51. The lowest BCUT2D eigenvalue weighted by atomic mass is 10.0. The summed E-state index contributed by atoms with van der Waals surface area (Å²) in [6.45, 7) is 1.73. The molecule has 1 heterocycles. The van der Waals surface area contributed by atoms with Crippen LogP contribution < -0.4 is 15.8 Å². The molecular formula is C17H27N3O. The monoisotopic (exact) mass is 289 g/mol. The van der Waals surface area contributed by atoms with Crippen molar-refractivity contribution in [2.45, 2.75) is 51.4 Å². The average Bonchev–Trinajstić information content (AvgIpc) is 3.18. The predicted molar refractivity (Wildman–Crippen MR) is 86.6 cm³/mol. The van der Waals surface area contributed by atoms with Crippen LogP contribution >= 0.6 is 0 Å². The van der Waals surface area contributed by atoms with E-state index < -0.39 is 0 Å². The lowest BCUT2D eigenvalue weighted by Crippen LogP contribution is -2.08. The number of aromatic nitrogens is 1. The van der Waals surface area contributed by atoms with Crippen molar-refractivity contribution in [3.8, 4) is 5.88 Å². The first-order chi connectivity index (χ1) is 10.3. The molecule has 4 nitrogen and oxygen atoms in total. The molecule has 0 aromatic carbocycles. The smallest absolute Gasteiger partial charge is 0.239 e. The highest BCUT2D eigenvalue weighted by Crippen LogP contribution is 2.31. The second-order valence-electron chi connectivity index (χ2n) is 6.56. The van der Waals surface area contributed by atoms with Gasteiger partial charge >= 0.3 is 0 Å². The molecule has 1 aromatic heterocycles. The van der Waals surface area contributed by atoms with Crippen LogP contribution in [0.25, 0.3) is 0 Å². The van der Waals surface area contributed by atoms with E-state index >= 15 is 0 Å². The van der Waals surface area contributed by atoms with E-state index in [2.05, 4.69) is 10.3 Å². The predicted octanol–water partition coefficient (Wildman–Crippen LogP) is 3.83. The fourth-order valence-electron chi connectivity index (χ4n) is 3.05. The van der Waals surface area contributed by atoms with Gasteiger partial charge in [-0.15, -0.1) is 0 Å². The highest BCUT2D eigenvalue weighted by molar-refractivity contribution is 5.53. The Morgan fingerprint density at radius 2 is 1.95 bits per heavy atom. The molecule has 2 saturated carbocycles. The maximum atomic E-state index is 5.92. The van der Waals surface area contributed by atoms with Gasteiger partial charge in [0.2, 0.25) is 5.88 Å². The first-order valence-corrected chi connectivity index (χ1v) is 8.44. The number of ether oxygens (including phenoxy) is 1. The third-order valence-electron chi connectivity index (χ3n) is 4.61. The Morgan fingerprint density at radius 1 is 1.14 bits per heavy atom. The van der Waals surface area contributed by atoms with Gasteiger partial charge in [0.15, 0.2) is 0 Å². The van der Waals surface area contributed by atoms with Gasteiger partial charge in [0.25, 0.3) is 0 Å². The summed E-state index contributed by atoms with van der Waals surface area (Å²) in [4.78, 5) is 4.48. The molecule has 21 heavy (non-hydrogen) atoms. The van der Waals surface area contributed by atoms with E-state index in [0.29, 0.717) is 17.5 Å². The van der Waals surface area contributed by atoms with E-state index in [0.717, 1.165) is 24.9 Å². The third-order valence-corrected chi connectivity index (χ3v) is 4.61. The molecule has 0 atom stereocenters. The second-order valence-corrected chi connectivity index (χ2v) is 6.56. The quantitative estimate of drug-likeness (QED) is 0.714. The van der Waals surface area contributed by atoms with E-state index in [9.17, 15) is 0 Å². The van der Waals surface area contributed by atoms with Crippen LogP contribution in [0.4, 0.5) is 11.5 Å². The van der Waals surface area contributed by atoms with Gasteiger partial charge in [0.05, 0.1) is 12.3 Å². The Morgan fingerprint density at radius 3 is 2.71 bits per heavy atom. The van der Waals surface area contributed by atoms with Crippen molar-refractivity contribution in [1.29, 1.82) is 0 Å². The molecule has 0 saturated heterocycles. The molecule has 0 amide bonds. The van der Waals surface area contributed by atoms with Gasteiger partial charge in [-0.05, 0) is 49.7 Å². The van der Waals surface area contributed by atoms with Crippen molar-refractivity contribution in [2.24, 2.45) is 11.8 Å². The summed E-state index contributed by atoms with van der Waals surface area (Å²) in [6.07, 6.45) is 10.8. The molecule has 2 aliphatic rings. The number of nitrogens with zero attached hydrogens (tertiary/aromatic N) is 1. The van der Waals surface area contributed by atoms with Crippen molar-refractivity contribution in [3.05, 3.63) is 12.1 Å². The first kappa shape index (κ1) is 14.5. The zero-order valence-corrected chi connectivity index (χ0v) is 12.8. The molecule has 116 valence electrons. The summed E-state index contributed by atoms with van der Waals surface area (Å²) in [5, 5.41) is 3.39. The average molecular weight is 289 g/mol. The summed E-state index contributed by atoms with van der Waals surface area (Å²) in [5.41, 5.74) is 6.55. The normalized spacial score (nSPS) is 18.9.